The van der Waals surface area contributed by atoms with Gasteiger partial charge in [-0.1, -0.05) is 19.1 Å². The van der Waals surface area contributed by atoms with Crippen molar-refractivity contribution in [3.05, 3.63) is 29.8 Å². The molecule has 0 aliphatic carbocycles. The summed E-state index contributed by atoms with van der Waals surface area (Å²) in [5.41, 5.74) is 0.782. The number of carbonyl (C=O) groups is 1. The highest BCUT2D eigenvalue weighted by Crippen LogP contribution is 2.20. The fourth-order valence-electron chi connectivity index (χ4n) is 2.92. The van der Waals surface area contributed by atoms with Gasteiger partial charge in [-0.15, -0.1) is 11.8 Å². The monoisotopic (exact) mass is 306 g/mol. The van der Waals surface area contributed by atoms with Crippen molar-refractivity contribution in [2.45, 2.75) is 37.6 Å². The van der Waals surface area contributed by atoms with E-state index in [0.29, 0.717) is 12.6 Å². The summed E-state index contributed by atoms with van der Waals surface area (Å²) in [7, 11) is 0. The highest BCUT2D eigenvalue weighted by Gasteiger charge is 2.21. The topological polar surface area (TPSA) is 32.3 Å². The lowest BCUT2D eigenvalue weighted by Crippen LogP contribution is -2.46. The van der Waals surface area contributed by atoms with E-state index in [1.165, 1.54) is 12.8 Å². The van der Waals surface area contributed by atoms with Gasteiger partial charge in [-0.3, -0.25) is 9.69 Å². The molecule has 3 nitrogen and oxygen atoms in total. The van der Waals surface area contributed by atoms with Crippen molar-refractivity contribution in [2.24, 2.45) is 5.92 Å². The molecule has 116 valence electrons. The van der Waals surface area contributed by atoms with Crippen molar-refractivity contribution in [1.82, 2.24) is 10.2 Å². The van der Waals surface area contributed by atoms with Crippen molar-refractivity contribution in [2.75, 3.05) is 25.9 Å². The first-order valence-corrected chi connectivity index (χ1v) is 8.99. The van der Waals surface area contributed by atoms with Crippen LogP contribution in [0.2, 0.25) is 0 Å². The zero-order valence-electron chi connectivity index (χ0n) is 13.3. The summed E-state index contributed by atoms with van der Waals surface area (Å²) >= 11 is 1.62. The zero-order valence-corrected chi connectivity index (χ0v) is 14.1. The number of nitrogens with zero attached hydrogens (tertiary/aromatic N) is 1. The van der Waals surface area contributed by atoms with E-state index in [1.807, 2.05) is 30.5 Å². The van der Waals surface area contributed by atoms with Crippen LogP contribution in [0.5, 0.6) is 0 Å². The van der Waals surface area contributed by atoms with Gasteiger partial charge in [-0.2, -0.15) is 0 Å². The second-order valence-corrected chi connectivity index (χ2v) is 6.85. The zero-order chi connectivity index (χ0) is 15.2. The minimum absolute atomic E-state index is 0.0388. The van der Waals surface area contributed by atoms with Crippen LogP contribution < -0.4 is 5.32 Å². The van der Waals surface area contributed by atoms with Crippen LogP contribution in [0.15, 0.2) is 29.2 Å². The van der Waals surface area contributed by atoms with Gasteiger partial charge in [0.25, 0.3) is 5.91 Å². The van der Waals surface area contributed by atoms with Gasteiger partial charge < -0.3 is 5.32 Å². The van der Waals surface area contributed by atoms with Gasteiger partial charge in [0.05, 0.1) is 5.56 Å². The molecule has 0 unspecified atom stereocenters. The number of rotatable bonds is 5. The Hall–Kier alpha value is -1.00. The van der Waals surface area contributed by atoms with E-state index in [-0.39, 0.29) is 5.91 Å². The van der Waals surface area contributed by atoms with Crippen molar-refractivity contribution in [3.8, 4) is 0 Å². The van der Waals surface area contributed by atoms with Crippen molar-refractivity contribution >= 4 is 17.7 Å². The Labute approximate surface area is 132 Å². The number of carbonyl (C=O) groups excluding carboxylic acids is 1. The first kappa shape index (κ1) is 16.4. The Kier molecular flexibility index (Phi) is 6.12. The molecule has 4 heteroatoms. The molecule has 0 aromatic heterocycles. The second-order valence-electron chi connectivity index (χ2n) is 6.00. The lowest BCUT2D eigenvalue weighted by Gasteiger charge is -2.35. The Morgan fingerprint density at radius 1 is 1.48 bits per heavy atom. The van der Waals surface area contributed by atoms with Crippen LogP contribution in [0, 0.1) is 5.92 Å². The smallest absolute Gasteiger partial charge is 0.252 e. The molecule has 0 bridgehead atoms. The third-order valence-electron chi connectivity index (χ3n) is 4.22. The van der Waals surface area contributed by atoms with Crippen LogP contribution in [0.4, 0.5) is 0 Å². The van der Waals surface area contributed by atoms with Crippen LogP contribution in [0.1, 0.15) is 37.0 Å². The number of amides is 1. The molecule has 0 radical (unpaired) electrons. The van der Waals surface area contributed by atoms with Gasteiger partial charge in [0.1, 0.15) is 0 Å². The fourth-order valence-corrected chi connectivity index (χ4v) is 3.52. The third-order valence-corrected chi connectivity index (χ3v) is 5.02. The van der Waals surface area contributed by atoms with Crippen LogP contribution >= 0.6 is 11.8 Å². The summed E-state index contributed by atoms with van der Waals surface area (Å²) in [6, 6.07) is 8.19. The second kappa shape index (κ2) is 7.85. The third kappa shape index (κ3) is 4.48. The van der Waals surface area contributed by atoms with Gasteiger partial charge >= 0.3 is 0 Å². The lowest BCUT2D eigenvalue weighted by molar-refractivity contribution is 0.0914. The molecule has 1 aliphatic rings. The molecule has 0 spiro atoms. The first-order valence-electron chi connectivity index (χ1n) is 7.77. The van der Waals surface area contributed by atoms with Gasteiger partial charge in [0.2, 0.25) is 0 Å². The standard InChI is InChI=1S/C17H26N2OS/c1-13-7-6-10-19(12-13)14(2)11-18-17(20)15-8-4-5-9-16(15)21-3/h4-5,8-9,13-14H,6-7,10-12H2,1-3H3,(H,18,20)/t13-,14+/m0/s1. The largest absolute Gasteiger partial charge is 0.350 e. The van der Waals surface area contributed by atoms with Gasteiger partial charge in [0.15, 0.2) is 0 Å². The predicted molar refractivity (Wildman–Crippen MR) is 90.0 cm³/mol. The summed E-state index contributed by atoms with van der Waals surface area (Å²) in [5.74, 6) is 0.811. The molecule has 2 atom stereocenters. The van der Waals surface area contributed by atoms with E-state index < -0.39 is 0 Å². The quantitative estimate of drug-likeness (QED) is 0.848. The lowest BCUT2D eigenvalue weighted by atomic mass is 9.99. The summed E-state index contributed by atoms with van der Waals surface area (Å²) in [6.07, 6.45) is 4.61. The molecule has 1 N–H and O–H groups in total. The first-order chi connectivity index (χ1) is 10.1. The Balaban J connectivity index is 1.88. The van der Waals surface area contributed by atoms with Gasteiger partial charge in [-0.25, -0.2) is 0 Å². The Morgan fingerprint density at radius 3 is 2.95 bits per heavy atom. The Morgan fingerprint density at radius 2 is 2.24 bits per heavy atom. The number of piperidine rings is 1. The van der Waals surface area contributed by atoms with Crippen molar-refractivity contribution in [1.29, 1.82) is 0 Å². The minimum atomic E-state index is 0.0388. The maximum absolute atomic E-state index is 12.3. The molecular formula is C17H26N2OS. The van der Waals surface area contributed by atoms with Gasteiger partial charge in [-0.05, 0) is 50.6 Å². The minimum Gasteiger partial charge on any atom is -0.350 e. The summed E-state index contributed by atoms with van der Waals surface area (Å²) in [6.45, 7) is 7.54. The Bertz CT molecular complexity index is 478. The van der Waals surface area contributed by atoms with E-state index in [1.54, 1.807) is 11.8 Å². The van der Waals surface area contributed by atoms with E-state index in [9.17, 15) is 4.79 Å². The van der Waals surface area contributed by atoms with E-state index in [4.69, 9.17) is 0 Å². The molecule has 0 saturated carbocycles. The van der Waals surface area contributed by atoms with Crippen molar-refractivity contribution < 1.29 is 4.79 Å². The maximum atomic E-state index is 12.3. The average Bonchev–Trinajstić information content (AvgIpc) is 2.52. The van der Waals surface area contributed by atoms with Crippen LogP contribution in [0.3, 0.4) is 0 Å². The molecule has 1 aromatic rings. The SMILES string of the molecule is CSc1ccccc1C(=O)NC[C@@H](C)N1CCC[C@H](C)C1. The molecule has 1 saturated heterocycles. The number of likely N-dealkylation sites (tertiary alicyclic amines) is 1. The van der Waals surface area contributed by atoms with Crippen LogP contribution in [-0.2, 0) is 0 Å². The predicted octanol–water partition coefficient (Wildman–Crippen LogP) is 3.26. The average molecular weight is 306 g/mol. The molecule has 1 fully saturated rings. The molecule has 1 amide bonds. The summed E-state index contributed by atoms with van der Waals surface area (Å²) in [5, 5.41) is 3.09. The number of benzene rings is 1. The molecule has 1 aliphatic heterocycles. The maximum Gasteiger partial charge on any atom is 0.252 e. The number of nitrogens with one attached hydrogen (secondary N) is 1. The van der Waals surface area contributed by atoms with Gasteiger partial charge in [0, 0.05) is 24.0 Å². The molecule has 2 rings (SSSR count). The van der Waals surface area contributed by atoms with E-state index in [0.717, 1.165) is 29.5 Å². The molecular weight excluding hydrogens is 280 g/mol. The molecule has 21 heavy (non-hydrogen) atoms. The van der Waals surface area contributed by atoms with E-state index in [2.05, 4.69) is 24.1 Å². The van der Waals surface area contributed by atoms with Crippen molar-refractivity contribution in [3.63, 3.8) is 0 Å². The number of hydrogen-bond acceptors (Lipinski definition) is 3. The molecule has 1 heterocycles. The summed E-state index contributed by atoms with van der Waals surface area (Å²) in [4.78, 5) is 15.9. The summed E-state index contributed by atoms with van der Waals surface area (Å²) < 4.78 is 0. The molecule has 1 aromatic carbocycles. The highest BCUT2D eigenvalue weighted by atomic mass is 32.2. The van der Waals surface area contributed by atoms with Crippen LogP contribution in [-0.4, -0.2) is 42.7 Å². The highest BCUT2D eigenvalue weighted by molar-refractivity contribution is 7.98. The number of hydrogen-bond donors (Lipinski definition) is 1. The number of thioether (sulfide) groups is 1. The van der Waals surface area contributed by atoms with Crippen LogP contribution in [0.25, 0.3) is 0 Å². The van der Waals surface area contributed by atoms with E-state index >= 15 is 0 Å². The fraction of sp³-hybridized carbons (Fsp3) is 0.588. The normalized spacial score (nSPS) is 21.0.